The van der Waals surface area contributed by atoms with Crippen LogP contribution in [-0.4, -0.2) is 67.5 Å². The molecule has 0 aromatic carbocycles. The Kier molecular flexibility index (Phi) is 8.36. The first-order chi connectivity index (χ1) is 11.7. The lowest BCUT2D eigenvalue weighted by Gasteiger charge is -2.34. The Labute approximate surface area is 146 Å². The van der Waals surface area contributed by atoms with Gasteiger partial charge in [-0.1, -0.05) is 12.8 Å². The highest BCUT2D eigenvalue weighted by molar-refractivity contribution is 5.80. The van der Waals surface area contributed by atoms with Gasteiger partial charge in [0.15, 0.2) is 5.96 Å². The maximum Gasteiger partial charge on any atom is 0.217 e. The summed E-state index contributed by atoms with van der Waals surface area (Å²) in [5.41, 5.74) is 5.37. The van der Waals surface area contributed by atoms with E-state index in [4.69, 9.17) is 10.7 Å². The van der Waals surface area contributed by atoms with Crippen LogP contribution in [0.3, 0.4) is 0 Å². The van der Waals surface area contributed by atoms with Gasteiger partial charge in [-0.2, -0.15) is 0 Å². The normalized spacial score (nSPS) is 23.8. The number of nitrogens with one attached hydrogen (secondary N) is 1. The third kappa shape index (κ3) is 6.67. The number of aliphatic imine (C=N–C) groups is 1. The van der Waals surface area contributed by atoms with Crippen LogP contribution in [0.15, 0.2) is 4.99 Å². The Morgan fingerprint density at radius 2 is 1.92 bits per heavy atom. The minimum atomic E-state index is -0.190. The van der Waals surface area contributed by atoms with E-state index < -0.39 is 0 Å². The molecule has 3 N–H and O–H groups in total. The molecule has 2 aliphatic heterocycles. The molecule has 1 atom stereocenters. The lowest BCUT2D eigenvalue weighted by molar-refractivity contribution is -0.119. The quantitative estimate of drug-likeness (QED) is 0.568. The number of likely N-dealkylation sites (tertiary alicyclic amines) is 2. The molecular formula is C18H35N5O. The van der Waals surface area contributed by atoms with Crippen molar-refractivity contribution in [3.63, 3.8) is 0 Å². The monoisotopic (exact) mass is 337 g/mol. The van der Waals surface area contributed by atoms with Gasteiger partial charge in [0.1, 0.15) is 0 Å². The van der Waals surface area contributed by atoms with Crippen LogP contribution >= 0.6 is 0 Å². The second kappa shape index (κ2) is 10.5. The number of hydrogen-bond donors (Lipinski definition) is 2. The Morgan fingerprint density at radius 1 is 1.17 bits per heavy atom. The Bertz CT molecular complexity index is 404. The van der Waals surface area contributed by atoms with Gasteiger partial charge in [-0.05, 0) is 51.6 Å². The van der Waals surface area contributed by atoms with Crippen molar-refractivity contribution in [2.75, 3.05) is 45.8 Å². The molecule has 2 aliphatic rings. The first-order valence-corrected chi connectivity index (χ1v) is 9.73. The Balaban J connectivity index is 1.85. The standard InChI is InChI=1S/C18H35N5O/c1-2-20-18(21-9-13-22-10-5-3-4-6-11-22)23-12-7-8-16(15-23)14-17(19)24/h16H,2-15H2,1H3,(H2,19,24)(H,20,21). The minimum absolute atomic E-state index is 0.190. The molecule has 6 heteroatoms. The molecule has 0 radical (unpaired) electrons. The molecule has 2 heterocycles. The van der Waals surface area contributed by atoms with Crippen LogP contribution in [0.2, 0.25) is 0 Å². The number of nitrogens with zero attached hydrogens (tertiary/aromatic N) is 3. The van der Waals surface area contributed by atoms with Crippen LogP contribution in [0.1, 0.15) is 51.9 Å². The van der Waals surface area contributed by atoms with Gasteiger partial charge in [-0.3, -0.25) is 9.79 Å². The lowest BCUT2D eigenvalue weighted by atomic mass is 9.95. The maximum absolute atomic E-state index is 11.2. The van der Waals surface area contributed by atoms with E-state index in [0.29, 0.717) is 12.3 Å². The number of amides is 1. The van der Waals surface area contributed by atoms with E-state index in [9.17, 15) is 4.79 Å². The fourth-order valence-corrected chi connectivity index (χ4v) is 3.79. The molecule has 24 heavy (non-hydrogen) atoms. The van der Waals surface area contributed by atoms with Crippen LogP contribution < -0.4 is 11.1 Å². The first kappa shape index (κ1) is 19.0. The van der Waals surface area contributed by atoms with E-state index in [1.54, 1.807) is 0 Å². The molecule has 0 aromatic heterocycles. The van der Waals surface area contributed by atoms with Crippen molar-refractivity contribution in [3.8, 4) is 0 Å². The summed E-state index contributed by atoms with van der Waals surface area (Å²) in [6, 6.07) is 0. The van der Waals surface area contributed by atoms with Crippen LogP contribution in [0, 0.1) is 5.92 Å². The van der Waals surface area contributed by atoms with E-state index in [0.717, 1.165) is 51.5 Å². The van der Waals surface area contributed by atoms with Crippen molar-refractivity contribution < 1.29 is 4.79 Å². The van der Waals surface area contributed by atoms with Crippen LogP contribution in [0.4, 0.5) is 0 Å². The topological polar surface area (TPSA) is 74.0 Å². The second-order valence-corrected chi connectivity index (χ2v) is 7.12. The summed E-state index contributed by atoms with van der Waals surface area (Å²) in [6.07, 6.45) is 8.08. The van der Waals surface area contributed by atoms with E-state index in [1.807, 2.05) is 0 Å². The van der Waals surface area contributed by atoms with Crippen molar-refractivity contribution in [1.82, 2.24) is 15.1 Å². The zero-order valence-corrected chi connectivity index (χ0v) is 15.3. The summed E-state index contributed by atoms with van der Waals surface area (Å²) in [7, 11) is 0. The summed E-state index contributed by atoms with van der Waals surface area (Å²) < 4.78 is 0. The smallest absolute Gasteiger partial charge is 0.217 e. The average Bonchev–Trinajstić information content (AvgIpc) is 2.82. The second-order valence-electron chi connectivity index (χ2n) is 7.12. The van der Waals surface area contributed by atoms with Crippen LogP contribution in [0.25, 0.3) is 0 Å². The van der Waals surface area contributed by atoms with Gasteiger partial charge in [0.2, 0.25) is 5.91 Å². The van der Waals surface area contributed by atoms with E-state index >= 15 is 0 Å². The van der Waals surface area contributed by atoms with Crippen LogP contribution in [0.5, 0.6) is 0 Å². The molecule has 2 saturated heterocycles. The molecule has 0 aromatic rings. The predicted octanol–water partition coefficient (Wildman–Crippen LogP) is 1.42. The predicted molar refractivity (Wildman–Crippen MR) is 99.0 cm³/mol. The van der Waals surface area contributed by atoms with Crippen molar-refractivity contribution >= 4 is 11.9 Å². The average molecular weight is 338 g/mol. The number of primary amides is 1. The van der Waals surface area contributed by atoms with Gasteiger partial charge in [-0.25, -0.2) is 0 Å². The molecular weight excluding hydrogens is 302 g/mol. The van der Waals surface area contributed by atoms with Crippen molar-refractivity contribution in [2.24, 2.45) is 16.6 Å². The Hall–Kier alpha value is -1.30. The summed E-state index contributed by atoms with van der Waals surface area (Å²) in [5.74, 6) is 1.18. The molecule has 0 saturated carbocycles. The van der Waals surface area contributed by atoms with Gasteiger partial charge in [-0.15, -0.1) is 0 Å². The van der Waals surface area contributed by atoms with Gasteiger partial charge in [0.05, 0.1) is 6.54 Å². The molecule has 1 amide bonds. The third-order valence-electron chi connectivity index (χ3n) is 5.02. The van der Waals surface area contributed by atoms with E-state index in [-0.39, 0.29) is 5.91 Å². The SMILES string of the molecule is CCNC(=NCCN1CCCCCC1)N1CCCC(CC(N)=O)C1. The third-order valence-corrected chi connectivity index (χ3v) is 5.02. The first-order valence-electron chi connectivity index (χ1n) is 9.73. The number of guanidine groups is 1. The van der Waals surface area contributed by atoms with Gasteiger partial charge in [0, 0.05) is 32.6 Å². The maximum atomic E-state index is 11.2. The number of carbonyl (C=O) groups is 1. The largest absolute Gasteiger partial charge is 0.370 e. The lowest BCUT2D eigenvalue weighted by Crippen LogP contribution is -2.47. The van der Waals surface area contributed by atoms with Crippen molar-refractivity contribution in [3.05, 3.63) is 0 Å². The summed E-state index contributed by atoms with van der Waals surface area (Å²) in [5, 5.41) is 3.42. The zero-order chi connectivity index (χ0) is 17.2. The van der Waals surface area contributed by atoms with Gasteiger partial charge in [0.25, 0.3) is 0 Å². The zero-order valence-electron chi connectivity index (χ0n) is 15.3. The summed E-state index contributed by atoms with van der Waals surface area (Å²) in [6.45, 7) is 9.22. The fourth-order valence-electron chi connectivity index (χ4n) is 3.79. The van der Waals surface area contributed by atoms with E-state index in [1.165, 1.54) is 38.8 Å². The molecule has 138 valence electrons. The van der Waals surface area contributed by atoms with Crippen molar-refractivity contribution in [1.29, 1.82) is 0 Å². The van der Waals surface area contributed by atoms with Crippen LogP contribution in [-0.2, 0) is 4.79 Å². The number of hydrogen-bond acceptors (Lipinski definition) is 3. The molecule has 6 nitrogen and oxygen atoms in total. The Morgan fingerprint density at radius 3 is 2.58 bits per heavy atom. The molecule has 0 bridgehead atoms. The highest BCUT2D eigenvalue weighted by Gasteiger charge is 2.23. The van der Waals surface area contributed by atoms with Gasteiger partial charge < -0.3 is 20.9 Å². The molecule has 1 unspecified atom stereocenters. The number of piperidine rings is 1. The number of nitrogens with two attached hydrogens (primary N) is 1. The molecule has 2 rings (SSSR count). The molecule has 0 aliphatic carbocycles. The highest BCUT2D eigenvalue weighted by Crippen LogP contribution is 2.19. The molecule has 2 fully saturated rings. The van der Waals surface area contributed by atoms with Crippen molar-refractivity contribution in [2.45, 2.75) is 51.9 Å². The number of rotatable bonds is 6. The van der Waals surface area contributed by atoms with E-state index in [2.05, 4.69) is 22.0 Å². The highest BCUT2D eigenvalue weighted by atomic mass is 16.1. The minimum Gasteiger partial charge on any atom is -0.370 e. The fraction of sp³-hybridized carbons (Fsp3) is 0.889. The number of carbonyl (C=O) groups excluding carboxylic acids is 1. The summed E-state index contributed by atoms with van der Waals surface area (Å²) in [4.78, 5) is 20.9. The summed E-state index contributed by atoms with van der Waals surface area (Å²) >= 11 is 0. The molecule has 0 spiro atoms. The van der Waals surface area contributed by atoms with Gasteiger partial charge >= 0.3 is 0 Å².